The van der Waals surface area contributed by atoms with Gasteiger partial charge < -0.3 is 29.2 Å². The third-order valence-corrected chi connectivity index (χ3v) is 8.11. The van der Waals surface area contributed by atoms with Gasteiger partial charge in [0.05, 0.1) is 37.6 Å². The molecule has 2 saturated heterocycles. The normalized spacial score (nSPS) is 19.1. The topological polar surface area (TPSA) is 54.8 Å². The van der Waals surface area contributed by atoms with Crippen LogP contribution in [0.3, 0.4) is 0 Å². The van der Waals surface area contributed by atoms with Crippen molar-refractivity contribution in [2.75, 3.05) is 42.7 Å². The van der Waals surface area contributed by atoms with Crippen molar-refractivity contribution in [1.82, 2.24) is 14.9 Å². The van der Waals surface area contributed by atoms with E-state index in [4.69, 9.17) is 26.7 Å². The Morgan fingerprint density at radius 1 is 0.950 bits per heavy atom. The van der Waals surface area contributed by atoms with Gasteiger partial charge in [-0.15, -0.1) is 0 Å². The van der Waals surface area contributed by atoms with Crippen molar-refractivity contribution < 1.29 is 9.47 Å². The van der Waals surface area contributed by atoms with E-state index >= 15 is 0 Å². The van der Waals surface area contributed by atoms with Crippen LogP contribution in [0.4, 0.5) is 11.4 Å². The summed E-state index contributed by atoms with van der Waals surface area (Å²) in [4.78, 5) is 9.32. The van der Waals surface area contributed by atoms with Gasteiger partial charge in [-0.2, -0.15) is 0 Å². The molecule has 2 aliphatic heterocycles. The molecule has 0 amide bonds. The monoisotopic (exact) mass is 553 g/mol. The number of aromatic nitrogens is 2. The summed E-state index contributed by atoms with van der Waals surface area (Å²) in [5.74, 6) is 0.848. The van der Waals surface area contributed by atoms with Crippen molar-refractivity contribution in [1.29, 1.82) is 0 Å². The molecular weight excluding hydrogens is 518 g/mol. The molecule has 2 aromatic carbocycles. The number of anilines is 2. The Morgan fingerprint density at radius 2 is 1.65 bits per heavy atom. The molecule has 0 bridgehead atoms. The molecule has 0 spiro atoms. The fourth-order valence-corrected chi connectivity index (χ4v) is 6.28. The van der Waals surface area contributed by atoms with Crippen LogP contribution in [0, 0.1) is 13.8 Å². The van der Waals surface area contributed by atoms with Crippen LogP contribution in [0.5, 0.6) is 5.75 Å². The summed E-state index contributed by atoms with van der Waals surface area (Å²) in [6.07, 6.45) is 1.84. The van der Waals surface area contributed by atoms with E-state index in [-0.39, 0.29) is 12.1 Å². The van der Waals surface area contributed by atoms with Gasteiger partial charge in [-0.3, -0.25) is 4.98 Å². The Bertz CT molecular complexity index is 1460. The van der Waals surface area contributed by atoms with E-state index in [1.54, 1.807) is 0 Å². The summed E-state index contributed by atoms with van der Waals surface area (Å²) >= 11 is 5.95. The van der Waals surface area contributed by atoms with Crippen molar-refractivity contribution >= 4 is 28.7 Å². The van der Waals surface area contributed by atoms with Crippen molar-refractivity contribution in [2.24, 2.45) is 0 Å². The zero-order chi connectivity index (χ0) is 27.6. The molecule has 2 atom stereocenters. The average molecular weight is 554 g/mol. The Balaban J connectivity index is 1.40. The summed E-state index contributed by atoms with van der Waals surface area (Å²) in [6.45, 7) is 10.4. The molecule has 4 aromatic rings. The highest BCUT2D eigenvalue weighted by molar-refractivity contribution is 7.80. The van der Waals surface area contributed by atoms with Crippen LogP contribution in [0.1, 0.15) is 41.7 Å². The van der Waals surface area contributed by atoms with Crippen LogP contribution < -0.4 is 19.9 Å². The second kappa shape index (κ2) is 11.3. The molecule has 4 heterocycles. The summed E-state index contributed by atoms with van der Waals surface area (Å²) in [6, 6.07) is 25.2. The largest absolute Gasteiger partial charge is 0.494 e. The van der Waals surface area contributed by atoms with Gasteiger partial charge >= 0.3 is 0 Å². The quantitative estimate of drug-likeness (QED) is 0.286. The molecule has 0 aliphatic carbocycles. The number of benzene rings is 2. The van der Waals surface area contributed by atoms with Gasteiger partial charge in [0.1, 0.15) is 5.75 Å². The number of morpholine rings is 1. The third kappa shape index (κ3) is 4.93. The lowest BCUT2D eigenvalue weighted by molar-refractivity contribution is 0.122. The second-order valence-corrected chi connectivity index (χ2v) is 10.6. The minimum atomic E-state index is -0.0992. The average Bonchev–Trinajstić information content (AvgIpc) is 3.49. The number of nitrogens with one attached hydrogen (secondary N) is 1. The highest BCUT2D eigenvalue weighted by atomic mass is 32.1. The van der Waals surface area contributed by atoms with Crippen LogP contribution in [0.2, 0.25) is 0 Å². The van der Waals surface area contributed by atoms with Crippen molar-refractivity contribution in [3.63, 3.8) is 0 Å². The van der Waals surface area contributed by atoms with Crippen LogP contribution in [0.15, 0.2) is 79.0 Å². The highest BCUT2D eigenvalue weighted by Gasteiger charge is 2.42. The third-order valence-electron chi connectivity index (χ3n) is 7.80. The van der Waals surface area contributed by atoms with Crippen LogP contribution in [-0.4, -0.2) is 47.6 Å². The summed E-state index contributed by atoms with van der Waals surface area (Å²) in [5, 5.41) is 4.27. The second-order valence-electron chi connectivity index (χ2n) is 10.2. The summed E-state index contributed by atoms with van der Waals surface area (Å²) in [5.41, 5.74) is 7.94. The first-order valence-electron chi connectivity index (χ1n) is 13.9. The molecule has 7 nitrogen and oxygen atoms in total. The Kier molecular flexibility index (Phi) is 7.45. The Hall–Kier alpha value is -3.88. The smallest absolute Gasteiger partial charge is 0.174 e. The van der Waals surface area contributed by atoms with E-state index in [1.807, 2.05) is 37.4 Å². The van der Waals surface area contributed by atoms with Crippen molar-refractivity contribution in [3.8, 4) is 11.4 Å². The van der Waals surface area contributed by atoms with Crippen LogP contribution >= 0.6 is 12.2 Å². The van der Waals surface area contributed by atoms with Crippen LogP contribution in [0.25, 0.3) is 5.69 Å². The number of nitrogens with zero attached hydrogens (tertiary/aromatic N) is 4. The molecule has 2 fully saturated rings. The van der Waals surface area contributed by atoms with Crippen molar-refractivity contribution in [2.45, 2.75) is 32.9 Å². The zero-order valence-corrected chi connectivity index (χ0v) is 24.0. The predicted molar refractivity (Wildman–Crippen MR) is 164 cm³/mol. The predicted octanol–water partition coefficient (Wildman–Crippen LogP) is 5.90. The number of ether oxygens (including phenoxy) is 2. The number of hydrogen-bond acceptors (Lipinski definition) is 5. The number of rotatable bonds is 7. The summed E-state index contributed by atoms with van der Waals surface area (Å²) < 4.78 is 13.6. The lowest BCUT2D eigenvalue weighted by Crippen LogP contribution is -2.36. The molecule has 8 heteroatoms. The van der Waals surface area contributed by atoms with E-state index in [9.17, 15) is 0 Å². The first-order chi connectivity index (χ1) is 19.5. The molecule has 206 valence electrons. The maximum Gasteiger partial charge on any atom is 0.174 e. The van der Waals surface area contributed by atoms with Crippen LogP contribution in [-0.2, 0) is 4.74 Å². The lowest BCUT2D eigenvalue weighted by Gasteiger charge is -2.29. The van der Waals surface area contributed by atoms with Gasteiger partial charge in [-0.25, -0.2) is 0 Å². The molecule has 2 aromatic heterocycles. The zero-order valence-electron chi connectivity index (χ0n) is 23.2. The number of pyridine rings is 1. The molecular formula is C32H35N5O2S. The van der Waals surface area contributed by atoms with E-state index in [1.165, 1.54) is 22.6 Å². The van der Waals surface area contributed by atoms with Crippen molar-refractivity contribution in [3.05, 3.63) is 102 Å². The maximum atomic E-state index is 5.95. The van der Waals surface area contributed by atoms with Gasteiger partial charge in [0.15, 0.2) is 5.11 Å². The standard InChI is InChI=1S/C32H35N5O2S/c1-4-39-27-14-12-26(13-15-27)37-31(30(34-32(37)40)29-7-5-6-16-33-29)28-21-22(2)36(23(28)3)25-10-8-24(9-11-25)35-17-19-38-20-18-35/h5-16,21,30-31H,4,17-20H2,1-3H3,(H,34,40)/t30-,31-/m0/s1. The van der Waals surface area contributed by atoms with Gasteiger partial charge in [0, 0.05) is 47.7 Å². The Labute approximate surface area is 241 Å². The first kappa shape index (κ1) is 26.3. The first-order valence-corrected chi connectivity index (χ1v) is 14.3. The maximum absolute atomic E-state index is 5.95. The van der Waals surface area contributed by atoms with E-state index in [2.05, 4.69) is 82.1 Å². The van der Waals surface area contributed by atoms with E-state index in [0.29, 0.717) is 11.7 Å². The van der Waals surface area contributed by atoms with Gasteiger partial charge in [-0.1, -0.05) is 6.07 Å². The van der Waals surface area contributed by atoms with Gasteiger partial charge in [0.2, 0.25) is 0 Å². The minimum Gasteiger partial charge on any atom is -0.494 e. The highest BCUT2D eigenvalue weighted by Crippen LogP contribution is 2.44. The summed E-state index contributed by atoms with van der Waals surface area (Å²) in [7, 11) is 0. The van der Waals surface area contributed by atoms with Gasteiger partial charge in [0.25, 0.3) is 0 Å². The molecule has 0 unspecified atom stereocenters. The molecule has 0 saturated carbocycles. The molecule has 0 radical (unpaired) electrons. The molecule has 1 N–H and O–H groups in total. The number of aryl methyl sites for hydroxylation is 1. The number of thiocarbonyl (C=S) groups is 1. The minimum absolute atomic E-state index is 0.0760. The molecule has 2 aliphatic rings. The Morgan fingerprint density at radius 3 is 2.33 bits per heavy atom. The van der Waals surface area contributed by atoms with Gasteiger partial charge in [-0.05, 0) is 105 Å². The fraction of sp³-hybridized carbons (Fsp3) is 0.312. The van der Waals surface area contributed by atoms with E-state index < -0.39 is 0 Å². The fourth-order valence-electron chi connectivity index (χ4n) is 5.94. The lowest BCUT2D eigenvalue weighted by atomic mass is 9.96. The molecule has 40 heavy (non-hydrogen) atoms. The molecule has 6 rings (SSSR count). The van der Waals surface area contributed by atoms with E-state index in [0.717, 1.165) is 49.1 Å². The number of hydrogen-bond donors (Lipinski definition) is 1. The SMILES string of the molecule is CCOc1ccc(N2C(=S)N[C@@H](c3ccccn3)[C@@H]2c2cc(C)n(-c3ccc(N4CCOCC4)cc3)c2C)cc1.